The lowest BCUT2D eigenvalue weighted by Crippen LogP contribution is -2.42. The average Bonchev–Trinajstić information content (AvgIpc) is 2.95. The van der Waals surface area contributed by atoms with Gasteiger partial charge in [0, 0.05) is 11.5 Å². The largest absolute Gasteiger partial charge is 0.452 e. The molecule has 0 aliphatic carbocycles. The van der Waals surface area contributed by atoms with Gasteiger partial charge in [-0.2, -0.15) is 0 Å². The van der Waals surface area contributed by atoms with Crippen LogP contribution in [0.3, 0.4) is 0 Å². The van der Waals surface area contributed by atoms with Crippen molar-refractivity contribution in [2.45, 2.75) is 18.1 Å². The summed E-state index contributed by atoms with van der Waals surface area (Å²) in [5, 5.41) is 6.65. The predicted molar refractivity (Wildman–Crippen MR) is 70.7 cm³/mol. The Bertz CT molecular complexity index is 534. The van der Waals surface area contributed by atoms with Crippen LogP contribution in [0.15, 0.2) is 35.4 Å². The lowest BCUT2D eigenvalue weighted by molar-refractivity contribution is -0.146. The molecule has 1 aromatic carbocycles. The number of carbonyl (C=O) groups excluding carboxylic acids is 2. The normalized spacial score (nSPS) is 22.6. The lowest BCUT2D eigenvalue weighted by Gasteiger charge is -2.25. The molecule has 2 atom stereocenters. The van der Waals surface area contributed by atoms with Crippen molar-refractivity contribution in [1.29, 1.82) is 0 Å². The Kier molecular flexibility index (Phi) is 4.34. The number of ketones is 1. The van der Waals surface area contributed by atoms with Crippen LogP contribution >= 0.6 is 0 Å². The third-order valence-electron chi connectivity index (χ3n) is 3.36. The van der Waals surface area contributed by atoms with Crippen molar-refractivity contribution in [2.24, 2.45) is 5.11 Å². The van der Waals surface area contributed by atoms with E-state index in [0.29, 0.717) is 18.5 Å². The Morgan fingerprint density at radius 3 is 2.80 bits per heavy atom. The van der Waals surface area contributed by atoms with Crippen LogP contribution in [0, 0.1) is 0 Å². The number of carbonyl (C=O) groups is 2. The molecular weight excluding hydrogens is 260 g/mol. The Hall–Kier alpha value is -2.37. The zero-order valence-electron chi connectivity index (χ0n) is 10.7. The first-order chi connectivity index (χ1) is 9.73. The standard InChI is InChI=1S/C13H14N4O3/c14-17-16-13(6-7-15-8-13)12(19)11(20-9-18)10-4-2-1-3-5-10/h1-5,9,11,15H,6-8H2. The first-order valence-corrected chi connectivity index (χ1v) is 6.19. The molecule has 2 rings (SSSR count). The van der Waals surface area contributed by atoms with E-state index in [4.69, 9.17) is 10.3 Å². The molecule has 1 aliphatic rings. The van der Waals surface area contributed by atoms with Gasteiger partial charge in [0.05, 0.1) is 0 Å². The second-order valence-corrected chi connectivity index (χ2v) is 4.54. The van der Waals surface area contributed by atoms with Gasteiger partial charge in [0.25, 0.3) is 6.47 Å². The van der Waals surface area contributed by atoms with E-state index in [-0.39, 0.29) is 13.0 Å². The van der Waals surface area contributed by atoms with Crippen LogP contribution in [0.5, 0.6) is 0 Å². The van der Waals surface area contributed by atoms with Gasteiger partial charge in [-0.15, -0.1) is 0 Å². The number of hydrogen-bond donors (Lipinski definition) is 1. The smallest absolute Gasteiger partial charge is 0.294 e. The summed E-state index contributed by atoms with van der Waals surface area (Å²) in [4.78, 5) is 26.1. The highest BCUT2D eigenvalue weighted by Crippen LogP contribution is 2.30. The summed E-state index contributed by atoms with van der Waals surface area (Å²) in [5.41, 5.74) is 8.05. The van der Waals surface area contributed by atoms with Gasteiger partial charge in [0.15, 0.2) is 11.9 Å². The number of hydrogen-bond acceptors (Lipinski definition) is 5. The summed E-state index contributed by atoms with van der Waals surface area (Å²) < 4.78 is 4.93. The molecule has 0 bridgehead atoms. The molecule has 104 valence electrons. The van der Waals surface area contributed by atoms with Gasteiger partial charge >= 0.3 is 0 Å². The Morgan fingerprint density at radius 1 is 1.50 bits per heavy atom. The maximum atomic E-state index is 12.7. The van der Waals surface area contributed by atoms with Crippen LogP contribution in [-0.4, -0.2) is 30.9 Å². The van der Waals surface area contributed by atoms with E-state index in [1.165, 1.54) is 0 Å². The molecule has 7 nitrogen and oxygen atoms in total. The van der Waals surface area contributed by atoms with Crippen molar-refractivity contribution in [3.63, 3.8) is 0 Å². The maximum Gasteiger partial charge on any atom is 0.294 e. The molecule has 0 amide bonds. The van der Waals surface area contributed by atoms with E-state index < -0.39 is 17.4 Å². The molecule has 0 saturated carbocycles. The van der Waals surface area contributed by atoms with E-state index in [2.05, 4.69) is 15.3 Å². The summed E-state index contributed by atoms with van der Waals surface area (Å²) in [5.74, 6) is -0.404. The Labute approximate surface area is 115 Å². The fourth-order valence-corrected chi connectivity index (χ4v) is 2.33. The summed E-state index contributed by atoms with van der Waals surface area (Å²) >= 11 is 0. The SMILES string of the molecule is [N-]=[N+]=NC1(C(=O)C(OC=O)c2ccccc2)CCNC1. The Morgan fingerprint density at radius 2 is 2.25 bits per heavy atom. The number of nitrogens with zero attached hydrogens (tertiary/aromatic N) is 3. The molecule has 0 radical (unpaired) electrons. The number of benzene rings is 1. The lowest BCUT2D eigenvalue weighted by atomic mass is 9.88. The summed E-state index contributed by atoms with van der Waals surface area (Å²) in [6.45, 7) is 1.07. The quantitative estimate of drug-likeness (QED) is 0.367. The number of nitrogens with one attached hydrogen (secondary N) is 1. The number of rotatable bonds is 6. The van der Waals surface area contributed by atoms with Crippen molar-refractivity contribution in [3.05, 3.63) is 46.3 Å². The first kappa shape index (κ1) is 14.0. The minimum absolute atomic E-state index is 0.238. The number of Topliss-reactive ketones (excluding diaryl/α,β-unsaturated/α-hetero) is 1. The molecule has 1 fully saturated rings. The van der Waals surface area contributed by atoms with E-state index in [0.717, 1.165) is 0 Å². The third kappa shape index (κ3) is 2.64. The van der Waals surface area contributed by atoms with Gasteiger partial charge in [-0.3, -0.25) is 9.59 Å². The fraction of sp³-hybridized carbons (Fsp3) is 0.385. The minimum atomic E-state index is -1.20. The average molecular weight is 274 g/mol. The van der Waals surface area contributed by atoms with E-state index in [1.807, 2.05) is 0 Å². The molecule has 0 aromatic heterocycles. The second-order valence-electron chi connectivity index (χ2n) is 4.54. The van der Waals surface area contributed by atoms with Gasteiger partial charge in [0.2, 0.25) is 0 Å². The van der Waals surface area contributed by atoms with Crippen molar-refractivity contribution in [1.82, 2.24) is 5.32 Å². The number of ether oxygens (including phenoxy) is 1. The fourth-order valence-electron chi connectivity index (χ4n) is 2.33. The monoisotopic (exact) mass is 274 g/mol. The molecule has 20 heavy (non-hydrogen) atoms. The summed E-state index contributed by atoms with van der Waals surface area (Å²) in [6.07, 6.45) is -0.666. The van der Waals surface area contributed by atoms with Crippen LogP contribution in [0.1, 0.15) is 18.1 Å². The van der Waals surface area contributed by atoms with Crippen LogP contribution in [-0.2, 0) is 14.3 Å². The van der Waals surface area contributed by atoms with Crippen LogP contribution in [0.4, 0.5) is 0 Å². The third-order valence-corrected chi connectivity index (χ3v) is 3.36. The Balaban J connectivity index is 2.35. The van der Waals surface area contributed by atoms with Crippen molar-refractivity contribution in [3.8, 4) is 0 Å². The van der Waals surface area contributed by atoms with E-state index >= 15 is 0 Å². The van der Waals surface area contributed by atoms with Crippen LogP contribution in [0.25, 0.3) is 10.4 Å². The highest BCUT2D eigenvalue weighted by Gasteiger charge is 2.45. The van der Waals surface area contributed by atoms with E-state index in [9.17, 15) is 9.59 Å². The van der Waals surface area contributed by atoms with Gasteiger partial charge in [-0.05, 0) is 24.1 Å². The molecule has 7 heteroatoms. The van der Waals surface area contributed by atoms with Gasteiger partial charge < -0.3 is 10.1 Å². The topological polar surface area (TPSA) is 104 Å². The molecule has 1 heterocycles. The van der Waals surface area contributed by atoms with Crippen LogP contribution in [0.2, 0.25) is 0 Å². The second kappa shape index (κ2) is 6.18. The zero-order valence-corrected chi connectivity index (χ0v) is 10.7. The maximum absolute atomic E-state index is 12.7. The van der Waals surface area contributed by atoms with Gasteiger partial charge in [-0.1, -0.05) is 35.4 Å². The zero-order chi connectivity index (χ0) is 14.4. The van der Waals surface area contributed by atoms with Gasteiger partial charge in [0.1, 0.15) is 5.54 Å². The van der Waals surface area contributed by atoms with Crippen molar-refractivity contribution < 1.29 is 14.3 Å². The van der Waals surface area contributed by atoms with Crippen LogP contribution < -0.4 is 5.32 Å². The molecule has 1 N–H and O–H groups in total. The molecule has 1 aliphatic heterocycles. The molecule has 1 saturated heterocycles. The first-order valence-electron chi connectivity index (χ1n) is 6.19. The highest BCUT2D eigenvalue weighted by atomic mass is 16.5. The summed E-state index contributed by atoms with van der Waals surface area (Å²) in [7, 11) is 0. The molecule has 2 unspecified atom stereocenters. The van der Waals surface area contributed by atoms with Crippen molar-refractivity contribution >= 4 is 12.3 Å². The van der Waals surface area contributed by atoms with Crippen molar-refractivity contribution in [2.75, 3.05) is 13.1 Å². The minimum Gasteiger partial charge on any atom is -0.452 e. The predicted octanol–water partition coefficient (Wildman–Crippen LogP) is 1.51. The number of azide groups is 1. The molecule has 0 spiro atoms. The highest BCUT2D eigenvalue weighted by molar-refractivity contribution is 5.94. The molecular formula is C13H14N4O3. The van der Waals surface area contributed by atoms with Gasteiger partial charge in [-0.25, -0.2) is 0 Å². The summed E-state index contributed by atoms with van der Waals surface area (Å²) in [6, 6.07) is 8.68. The molecule has 1 aromatic rings. The van der Waals surface area contributed by atoms with E-state index in [1.54, 1.807) is 30.3 Å².